The molecule has 0 atom stereocenters. The number of anilines is 1. The van der Waals surface area contributed by atoms with Crippen LogP contribution in [0.5, 0.6) is 0 Å². The lowest BCUT2D eigenvalue weighted by Crippen LogP contribution is -2.12. The monoisotopic (exact) mass is 327 g/mol. The molecule has 1 fully saturated rings. The van der Waals surface area contributed by atoms with Crippen LogP contribution in [0.15, 0.2) is 35.9 Å². The SMILES string of the molecule is C/C(=C\c1ccccc1)C(=O)Nc1nnc(C2CCCCC2)s1. The Morgan fingerprint density at radius 3 is 2.65 bits per heavy atom. The number of benzene rings is 1. The zero-order chi connectivity index (χ0) is 16.1. The fourth-order valence-corrected chi connectivity index (χ4v) is 3.77. The van der Waals surface area contributed by atoms with Gasteiger partial charge in [-0.25, -0.2) is 0 Å². The first-order valence-corrected chi connectivity index (χ1v) is 8.92. The number of carbonyl (C=O) groups excluding carboxylic acids is 1. The topological polar surface area (TPSA) is 54.9 Å². The second kappa shape index (κ2) is 7.51. The van der Waals surface area contributed by atoms with Gasteiger partial charge >= 0.3 is 0 Å². The molecule has 4 nitrogen and oxygen atoms in total. The highest BCUT2D eigenvalue weighted by molar-refractivity contribution is 7.15. The summed E-state index contributed by atoms with van der Waals surface area (Å²) in [4.78, 5) is 12.3. The van der Waals surface area contributed by atoms with E-state index in [1.807, 2.05) is 43.3 Å². The lowest BCUT2D eigenvalue weighted by atomic mass is 9.90. The molecule has 0 unspecified atom stereocenters. The predicted molar refractivity (Wildman–Crippen MR) is 94.5 cm³/mol. The molecule has 1 aromatic heterocycles. The number of hydrogen-bond acceptors (Lipinski definition) is 4. The van der Waals surface area contributed by atoms with Crippen LogP contribution in [0, 0.1) is 0 Å². The Labute approximate surface area is 140 Å². The van der Waals surface area contributed by atoms with Crippen molar-refractivity contribution < 1.29 is 4.79 Å². The molecule has 1 saturated carbocycles. The van der Waals surface area contributed by atoms with Gasteiger partial charge in [0.1, 0.15) is 5.01 Å². The van der Waals surface area contributed by atoms with Gasteiger partial charge in [0.25, 0.3) is 5.91 Å². The molecule has 120 valence electrons. The normalized spacial score (nSPS) is 16.3. The molecule has 0 radical (unpaired) electrons. The predicted octanol–water partition coefficient (Wildman–Crippen LogP) is 4.63. The number of carbonyl (C=O) groups is 1. The highest BCUT2D eigenvalue weighted by Crippen LogP contribution is 2.35. The smallest absolute Gasteiger partial charge is 0.253 e. The summed E-state index contributed by atoms with van der Waals surface area (Å²) in [7, 11) is 0. The molecule has 2 aromatic rings. The van der Waals surface area contributed by atoms with Crippen molar-refractivity contribution in [3.63, 3.8) is 0 Å². The maximum absolute atomic E-state index is 12.3. The van der Waals surface area contributed by atoms with Gasteiger partial charge in [0, 0.05) is 11.5 Å². The van der Waals surface area contributed by atoms with Gasteiger partial charge in [-0.1, -0.05) is 60.9 Å². The molecule has 0 aliphatic heterocycles. The van der Waals surface area contributed by atoms with Gasteiger partial charge in [-0.05, 0) is 31.4 Å². The van der Waals surface area contributed by atoms with Gasteiger partial charge in [-0.15, -0.1) is 10.2 Å². The molecular formula is C18H21N3OS. The number of hydrogen-bond donors (Lipinski definition) is 1. The minimum absolute atomic E-state index is 0.125. The minimum atomic E-state index is -0.125. The van der Waals surface area contributed by atoms with Crippen molar-refractivity contribution in [1.29, 1.82) is 0 Å². The Hall–Kier alpha value is -2.01. The van der Waals surface area contributed by atoms with Crippen LogP contribution in [0.25, 0.3) is 6.08 Å². The molecule has 0 bridgehead atoms. The maximum Gasteiger partial charge on any atom is 0.253 e. The fourth-order valence-electron chi connectivity index (χ4n) is 2.86. The molecule has 1 aromatic carbocycles. The van der Waals surface area contributed by atoms with E-state index in [-0.39, 0.29) is 5.91 Å². The van der Waals surface area contributed by atoms with Crippen molar-refractivity contribution >= 4 is 28.5 Å². The third kappa shape index (κ3) is 4.26. The number of nitrogens with zero attached hydrogens (tertiary/aromatic N) is 2. The van der Waals surface area contributed by atoms with Crippen molar-refractivity contribution in [3.05, 3.63) is 46.5 Å². The number of aromatic nitrogens is 2. The highest BCUT2D eigenvalue weighted by atomic mass is 32.1. The zero-order valence-electron chi connectivity index (χ0n) is 13.3. The quantitative estimate of drug-likeness (QED) is 0.833. The standard InChI is InChI=1S/C18H21N3OS/c1-13(12-14-8-4-2-5-9-14)16(22)19-18-21-20-17(23-18)15-10-6-3-7-11-15/h2,4-5,8-9,12,15H,3,6-7,10-11H2,1H3,(H,19,21,22)/b13-12+. The van der Waals surface area contributed by atoms with Crippen LogP contribution in [0.2, 0.25) is 0 Å². The summed E-state index contributed by atoms with van der Waals surface area (Å²) in [6.07, 6.45) is 8.11. The summed E-state index contributed by atoms with van der Waals surface area (Å²) in [6.45, 7) is 1.81. The van der Waals surface area contributed by atoms with Gasteiger partial charge < -0.3 is 0 Å². The molecule has 0 saturated heterocycles. The summed E-state index contributed by atoms with van der Waals surface area (Å²) in [6, 6.07) is 9.82. The first-order chi connectivity index (χ1) is 11.2. The van der Waals surface area contributed by atoms with Crippen LogP contribution in [-0.2, 0) is 4.79 Å². The summed E-state index contributed by atoms with van der Waals surface area (Å²) in [5.74, 6) is 0.396. The lowest BCUT2D eigenvalue weighted by Gasteiger charge is -2.18. The number of rotatable bonds is 4. The molecule has 1 N–H and O–H groups in total. The van der Waals surface area contributed by atoms with Crippen molar-refractivity contribution in [1.82, 2.24) is 10.2 Å². The minimum Gasteiger partial charge on any atom is -0.297 e. The third-order valence-corrected chi connectivity index (χ3v) is 5.16. The molecule has 0 spiro atoms. The van der Waals surface area contributed by atoms with Gasteiger partial charge in [-0.2, -0.15) is 0 Å². The van der Waals surface area contributed by atoms with E-state index in [9.17, 15) is 4.79 Å². The van der Waals surface area contributed by atoms with Gasteiger partial charge in [0.15, 0.2) is 0 Å². The van der Waals surface area contributed by atoms with Crippen LogP contribution >= 0.6 is 11.3 Å². The van der Waals surface area contributed by atoms with Crippen LogP contribution < -0.4 is 5.32 Å². The van der Waals surface area contributed by atoms with E-state index in [1.165, 1.54) is 43.4 Å². The van der Waals surface area contributed by atoms with Crippen LogP contribution in [0.4, 0.5) is 5.13 Å². The summed E-state index contributed by atoms with van der Waals surface area (Å²) in [5.41, 5.74) is 1.67. The first kappa shape index (κ1) is 15.9. The van der Waals surface area contributed by atoms with Crippen molar-refractivity contribution in [2.75, 3.05) is 5.32 Å². The number of amides is 1. The van der Waals surface area contributed by atoms with Gasteiger partial charge in [0.2, 0.25) is 5.13 Å². The van der Waals surface area contributed by atoms with E-state index in [0.29, 0.717) is 16.6 Å². The van der Waals surface area contributed by atoms with Crippen molar-refractivity contribution in [3.8, 4) is 0 Å². The van der Waals surface area contributed by atoms with E-state index in [1.54, 1.807) is 0 Å². The largest absolute Gasteiger partial charge is 0.297 e. The average molecular weight is 327 g/mol. The van der Waals surface area contributed by atoms with Crippen molar-refractivity contribution in [2.45, 2.75) is 44.9 Å². The Balaban J connectivity index is 1.63. The Kier molecular flexibility index (Phi) is 5.18. The van der Waals surface area contributed by atoms with E-state index < -0.39 is 0 Å². The zero-order valence-corrected chi connectivity index (χ0v) is 14.1. The second-order valence-electron chi connectivity index (χ2n) is 5.97. The maximum atomic E-state index is 12.3. The Morgan fingerprint density at radius 2 is 1.91 bits per heavy atom. The van der Waals surface area contributed by atoms with E-state index in [2.05, 4.69) is 15.5 Å². The van der Waals surface area contributed by atoms with Crippen LogP contribution in [0.1, 0.15) is 55.5 Å². The molecule has 23 heavy (non-hydrogen) atoms. The Morgan fingerprint density at radius 1 is 1.17 bits per heavy atom. The van der Waals surface area contributed by atoms with Gasteiger partial charge in [0.05, 0.1) is 0 Å². The van der Waals surface area contributed by atoms with Crippen LogP contribution in [0.3, 0.4) is 0 Å². The second-order valence-corrected chi connectivity index (χ2v) is 6.98. The molecule has 1 aliphatic carbocycles. The lowest BCUT2D eigenvalue weighted by molar-refractivity contribution is -0.112. The molecule has 1 aliphatic rings. The molecule has 1 heterocycles. The summed E-state index contributed by atoms with van der Waals surface area (Å²) < 4.78 is 0. The first-order valence-electron chi connectivity index (χ1n) is 8.10. The molecule has 5 heteroatoms. The number of nitrogens with one attached hydrogen (secondary N) is 1. The van der Waals surface area contributed by atoms with E-state index in [4.69, 9.17) is 0 Å². The van der Waals surface area contributed by atoms with E-state index in [0.717, 1.165) is 10.6 Å². The van der Waals surface area contributed by atoms with Gasteiger partial charge in [-0.3, -0.25) is 10.1 Å². The summed E-state index contributed by atoms with van der Waals surface area (Å²) >= 11 is 1.51. The van der Waals surface area contributed by atoms with Crippen LogP contribution in [-0.4, -0.2) is 16.1 Å². The molecule has 3 rings (SSSR count). The van der Waals surface area contributed by atoms with Crippen molar-refractivity contribution in [2.24, 2.45) is 0 Å². The Bertz CT molecular complexity index is 687. The fraction of sp³-hybridized carbons (Fsp3) is 0.389. The molecular weight excluding hydrogens is 306 g/mol. The third-order valence-electron chi connectivity index (χ3n) is 4.16. The molecule has 1 amide bonds. The summed E-state index contributed by atoms with van der Waals surface area (Å²) in [5, 5.41) is 12.9. The van der Waals surface area contributed by atoms with E-state index >= 15 is 0 Å². The highest BCUT2D eigenvalue weighted by Gasteiger charge is 2.20. The average Bonchev–Trinajstić information content (AvgIpc) is 3.05.